The maximum Gasteiger partial charge on any atom is 0.253 e. The van der Waals surface area contributed by atoms with Gasteiger partial charge in [0.1, 0.15) is 0 Å². The lowest BCUT2D eigenvalue weighted by molar-refractivity contribution is -0.111. The van der Waals surface area contributed by atoms with Crippen molar-refractivity contribution in [3.63, 3.8) is 0 Å². The summed E-state index contributed by atoms with van der Waals surface area (Å²) >= 11 is 6.06. The first-order valence-electron chi connectivity index (χ1n) is 8.14. The zero-order valence-corrected chi connectivity index (χ0v) is 15.0. The Bertz CT molecular complexity index is 787. The Balaban J connectivity index is 2.11. The summed E-state index contributed by atoms with van der Waals surface area (Å²) in [6.45, 7) is 3.93. The van der Waals surface area contributed by atoms with Crippen molar-refractivity contribution in [1.29, 1.82) is 0 Å². The third kappa shape index (κ3) is 5.47. The van der Waals surface area contributed by atoms with Crippen LogP contribution in [0, 0.1) is 0 Å². The molecule has 0 aliphatic carbocycles. The number of nitrogens with one attached hydrogen (secondary N) is 2. The topological polar surface area (TPSA) is 58.2 Å². The molecular formula is C20H21ClN2O2. The molecule has 0 spiro atoms. The van der Waals surface area contributed by atoms with Crippen LogP contribution in [0.5, 0.6) is 0 Å². The van der Waals surface area contributed by atoms with Gasteiger partial charge in [0.2, 0.25) is 5.91 Å². The molecule has 130 valence electrons. The molecule has 25 heavy (non-hydrogen) atoms. The van der Waals surface area contributed by atoms with E-state index in [1.54, 1.807) is 36.4 Å². The van der Waals surface area contributed by atoms with Crippen LogP contribution in [-0.2, 0) is 4.79 Å². The van der Waals surface area contributed by atoms with Crippen molar-refractivity contribution in [3.8, 4) is 0 Å². The van der Waals surface area contributed by atoms with Crippen molar-refractivity contribution in [3.05, 3.63) is 70.8 Å². The Kier molecular flexibility index (Phi) is 6.78. The Hall–Kier alpha value is -2.59. The predicted molar refractivity (Wildman–Crippen MR) is 103 cm³/mol. The maximum absolute atomic E-state index is 12.3. The Labute approximate surface area is 152 Å². The maximum atomic E-state index is 12.3. The summed E-state index contributed by atoms with van der Waals surface area (Å²) < 4.78 is 0. The highest BCUT2D eigenvalue weighted by molar-refractivity contribution is 6.32. The van der Waals surface area contributed by atoms with Crippen molar-refractivity contribution < 1.29 is 9.59 Å². The lowest BCUT2D eigenvalue weighted by atomic mass is 10.1. The minimum absolute atomic E-state index is 0.0661. The Morgan fingerprint density at radius 2 is 1.80 bits per heavy atom. The van der Waals surface area contributed by atoms with Crippen molar-refractivity contribution in [1.82, 2.24) is 5.32 Å². The molecular weight excluding hydrogens is 336 g/mol. The molecule has 1 atom stereocenters. The summed E-state index contributed by atoms with van der Waals surface area (Å²) in [5.41, 5.74) is 1.65. The molecule has 5 heteroatoms. The molecule has 0 saturated carbocycles. The van der Waals surface area contributed by atoms with Gasteiger partial charge in [-0.25, -0.2) is 0 Å². The second-order valence-corrected chi connectivity index (χ2v) is 6.08. The molecule has 0 aromatic heterocycles. The van der Waals surface area contributed by atoms with Crippen LogP contribution < -0.4 is 10.6 Å². The average molecular weight is 357 g/mol. The van der Waals surface area contributed by atoms with E-state index in [0.29, 0.717) is 16.3 Å². The molecule has 0 bridgehead atoms. The zero-order chi connectivity index (χ0) is 18.2. The van der Waals surface area contributed by atoms with E-state index in [9.17, 15) is 9.59 Å². The van der Waals surface area contributed by atoms with Gasteiger partial charge in [0.25, 0.3) is 5.91 Å². The summed E-state index contributed by atoms with van der Waals surface area (Å²) in [7, 11) is 0. The Morgan fingerprint density at radius 3 is 2.52 bits per heavy atom. The number of rotatable bonds is 6. The molecule has 2 aromatic rings. The van der Waals surface area contributed by atoms with Crippen LogP contribution in [0.3, 0.4) is 0 Å². The quantitative estimate of drug-likeness (QED) is 0.747. The molecule has 0 heterocycles. The number of para-hydroxylation sites is 1. The number of benzene rings is 2. The largest absolute Gasteiger partial charge is 0.350 e. The van der Waals surface area contributed by atoms with Crippen LogP contribution in [-0.4, -0.2) is 17.9 Å². The summed E-state index contributed by atoms with van der Waals surface area (Å²) in [4.78, 5) is 24.5. The molecule has 2 amide bonds. The number of carbonyl (C=O) groups is 2. The number of amides is 2. The molecule has 0 unspecified atom stereocenters. The van der Waals surface area contributed by atoms with Crippen LogP contribution in [0.4, 0.5) is 5.69 Å². The van der Waals surface area contributed by atoms with Gasteiger partial charge in [-0.05, 0) is 43.2 Å². The van der Waals surface area contributed by atoms with Crippen molar-refractivity contribution in [2.75, 3.05) is 5.32 Å². The van der Waals surface area contributed by atoms with E-state index in [-0.39, 0.29) is 17.9 Å². The van der Waals surface area contributed by atoms with E-state index in [2.05, 4.69) is 10.6 Å². The van der Waals surface area contributed by atoms with Crippen molar-refractivity contribution >= 4 is 35.2 Å². The van der Waals surface area contributed by atoms with Crippen molar-refractivity contribution in [2.24, 2.45) is 0 Å². The van der Waals surface area contributed by atoms with Gasteiger partial charge < -0.3 is 10.6 Å². The first-order chi connectivity index (χ1) is 12.0. The standard InChI is InChI=1S/C20H21ClN2O2/c1-3-14(2)22-20(25)16-9-5-7-11-18(16)23-19(24)13-12-15-8-4-6-10-17(15)21/h4-14H,3H2,1-2H3,(H,22,25)(H,23,24)/b13-12+/t14-/m1/s1. The van der Waals surface area contributed by atoms with E-state index >= 15 is 0 Å². The number of anilines is 1. The van der Waals surface area contributed by atoms with Crippen LogP contribution in [0.2, 0.25) is 5.02 Å². The molecule has 0 radical (unpaired) electrons. The minimum atomic E-state index is -0.330. The lowest BCUT2D eigenvalue weighted by Gasteiger charge is -2.14. The van der Waals surface area contributed by atoms with Crippen LogP contribution in [0.1, 0.15) is 36.2 Å². The molecule has 4 nitrogen and oxygen atoms in total. The smallest absolute Gasteiger partial charge is 0.253 e. The monoisotopic (exact) mass is 356 g/mol. The number of halogens is 1. The second-order valence-electron chi connectivity index (χ2n) is 5.67. The molecule has 2 N–H and O–H groups in total. The van der Waals surface area contributed by atoms with Crippen LogP contribution in [0.15, 0.2) is 54.6 Å². The van der Waals surface area contributed by atoms with Crippen molar-refractivity contribution in [2.45, 2.75) is 26.3 Å². The normalized spacial score (nSPS) is 12.0. The van der Waals surface area contributed by atoms with Crippen LogP contribution in [0.25, 0.3) is 6.08 Å². The lowest BCUT2D eigenvalue weighted by Crippen LogP contribution is -2.32. The molecule has 0 aliphatic rings. The van der Waals surface area contributed by atoms with E-state index in [4.69, 9.17) is 11.6 Å². The third-order valence-corrected chi connectivity index (χ3v) is 4.08. The fourth-order valence-electron chi connectivity index (χ4n) is 2.14. The van der Waals surface area contributed by atoms with Gasteiger partial charge in [0.15, 0.2) is 0 Å². The van der Waals surface area contributed by atoms with Gasteiger partial charge in [0, 0.05) is 17.1 Å². The van der Waals surface area contributed by atoms with Gasteiger partial charge in [-0.2, -0.15) is 0 Å². The van der Waals surface area contributed by atoms with E-state index in [1.165, 1.54) is 6.08 Å². The van der Waals surface area contributed by atoms with Gasteiger partial charge in [0.05, 0.1) is 11.3 Å². The highest BCUT2D eigenvalue weighted by Crippen LogP contribution is 2.18. The van der Waals surface area contributed by atoms with E-state index in [0.717, 1.165) is 12.0 Å². The van der Waals surface area contributed by atoms with Gasteiger partial charge in [-0.3, -0.25) is 9.59 Å². The molecule has 0 fully saturated rings. The zero-order valence-electron chi connectivity index (χ0n) is 14.3. The Morgan fingerprint density at radius 1 is 1.12 bits per heavy atom. The molecule has 2 rings (SSSR count). The first kappa shape index (κ1) is 18.7. The fourth-order valence-corrected chi connectivity index (χ4v) is 2.34. The van der Waals surface area contributed by atoms with Gasteiger partial charge in [-0.1, -0.05) is 48.9 Å². The summed E-state index contributed by atoms with van der Waals surface area (Å²) in [5, 5.41) is 6.21. The van der Waals surface area contributed by atoms with Gasteiger partial charge >= 0.3 is 0 Å². The summed E-state index contributed by atoms with van der Waals surface area (Å²) in [5.74, 6) is -0.538. The van der Waals surface area contributed by atoms with Gasteiger partial charge in [-0.15, -0.1) is 0 Å². The van der Waals surface area contributed by atoms with E-state index < -0.39 is 0 Å². The molecule has 0 aliphatic heterocycles. The first-order valence-corrected chi connectivity index (χ1v) is 8.52. The highest BCUT2D eigenvalue weighted by atomic mass is 35.5. The summed E-state index contributed by atoms with van der Waals surface area (Å²) in [6.07, 6.45) is 3.87. The minimum Gasteiger partial charge on any atom is -0.350 e. The number of carbonyl (C=O) groups excluding carboxylic acids is 2. The number of hydrogen-bond acceptors (Lipinski definition) is 2. The molecule has 2 aromatic carbocycles. The SMILES string of the molecule is CC[C@@H](C)NC(=O)c1ccccc1NC(=O)/C=C/c1ccccc1Cl. The second kappa shape index (κ2) is 9.04. The fraction of sp³-hybridized carbons (Fsp3) is 0.200. The van der Waals surface area contributed by atoms with Crippen LogP contribution >= 0.6 is 11.6 Å². The third-order valence-electron chi connectivity index (χ3n) is 3.74. The average Bonchev–Trinajstić information content (AvgIpc) is 2.61. The molecule has 0 saturated heterocycles. The predicted octanol–water partition coefficient (Wildman–Crippen LogP) is 4.52. The van der Waals surface area contributed by atoms with E-state index in [1.807, 2.05) is 32.0 Å². The highest BCUT2D eigenvalue weighted by Gasteiger charge is 2.13. The number of hydrogen-bond donors (Lipinski definition) is 2. The summed E-state index contributed by atoms with van der Waals surface area (Å²) in [6, 6.07) is 14.2.